The zero-order valence-corrected chi connectivity index (χ0v) is 13.3. The molecule has 0 radical (unpaired) electrons. The van der Waals surface area contributed by atoms with Gasteiger partial charge in [0, 0.05) is 17.5 Å². The minimum atomic E-state index is -0.0344. The van der Waals surface area contributed by atoms with Crippen molar-refractivity contribution in [3.05, 3.63) is 11.9 Å². The van der Waals surface area contributed by atoms with Gasteiger partial charge in [0.2, 0.25) is 0 Å². The van der Waals surface area contributed by atoms with Gasteiger partial charge in [0.05, 0.1) is 0 Å². The molecule has 108 valence electrons. The lowest BCUT2D eigenvalue weighted by Crippen LogP contribution is -2.35. The van der Waals surface area contributed by atoms with Gasteiger partial charge in [-0.15, -0.1) is 0 Å². The summed E-state index contributed by atoms with van der Waals surface area (Å²) in [7, 11) is 0. The molecule has 0 bridgehead atoms. The minimum absolute atomic E-state index is 0.0344. The van der Waals surface area contributed by atoms with Gasteiger partial charge in [-0.3, -0.25) is 0 Å². The van der Waals surface area contributed by atoms with E-state index in [4.69, 9.17) is 5.73 Å². The number of hydrogen-bond acceptors (Lipinski definition) is 4. The predicted octanol–water partition coefficient (Wildman–Crippen LogP) is 3.81. The van der Waals surface area contributed by atoms with Crippen molar-refractivity contribution in [1.82, 2.24) is 9.97 Å². The molecule has 0 saturated carbocycles. The molecule has 1 heterocycles. The van der Waals surface area contributed by atoms with Crippen LogP contribution >= 0.6 is 0 Å². The van der Waals surface area contributed by atoms with Crippen molar-refractivity contribution in [2.45, 2.75) is 66.3 Å². The second-order valence-electron chi connectivity index (χ2n) is 7.44. The molecule has 19 heavy (non-hydrogen) atoms. The number of nitrogen functional groups attached to an aromatic ring is 1. The lowest BCUT2D eigenvalue weighted by Gasteiger charge is -2.33. The molecule has 3 N–H and O–H groups in total. The van der Waals surface area contributed by atoms with Gasteiger partial charge < -0.3 is 11.1 Å². The lowest BCUT2D eigenvalue weighted by molar-refractivity contribution is 0.302. The zero-order valence-electron chi connectivity index (χ0n) is 13.3. The molecule has 0 amide bonds. The van der Waals surface area contributed by atoms with Crippen molar-refractivity contribution in [2.24, 2.45) is 5.41 Å². The average Bonchev–Trinajstić information content (AvgIpc) is 2.10. The highest BCUT2D eigenvalue weighted by Crippen LogP contribution is 2.29. The molecule has 0 saturated heterocycles. The van der Waals surface area contributed by atoms with Crippen molar-refractivity contribution < 1.29 is 0 Å². The summed E-state index contributed by atoms with van der Waals surface area (Å²) in [4.78, 5) is 8.81. The van der Waals surface area contributed by atoms with Crippen LogP contribution in [-0.2, 0) is 0 Å². The van der Waals surface area contributed by atoms with E-state index >= 15 is 0 Å². The third-order valence-corrected chi connectivity index (χ3v) is 2.72. The molecular formula is C15H28N4. The molecule has 1 rings (SSSR count). The molecule has 0 aliphatic rings. The fourth-order valence-electron chi connectivity index (χ4n) is 2.52. The number of anilines is 2. The van der Waals surface area contributed by atoms with E-state index in [1.54, 1.807) is 6.07 Å². The van der Waals surface area contributed by atoms with Crippen LogP contribution in [-0.4, -0.2) is 15.5 Å². The Bertz CT molecular complexity index is 430. The fraction of sp³-hybridized carbons (Fsp3) is 0.733. The maximum Gasteiger partial charge on any atom is 0.135 e. The van der Waals surface area contributed by atoms with Crippen LogP contribution in [0.15, 0.2) is 6.07 Å². The summed E-state index contributed by atoms with van der Waals surface area (Å²) < 4.78 is 0. The maximum atomic E-state index is 5.85. The van der Waals surface area contributed by atoms with Crippen LogP contribution in [0, 0.1) is 5.41 Å². The van der Waals surface area contributed by atoms with E-state index in [2.05, 4.69) is 63.8 Å². The first-order valence-corrected chi connectivity index (χ1v) is 6.91. The topological polar surface area (TPSA) is 63.8 Å². The van der Waals surface area contributed by atoms with Crippen molar-refractivity contribution in [1.29, 1.82) is 0 Å². The molecule has 0 fully saturated rings. The summed E-state index contributed by atoms with van der Waals surface area (Å²) in [5.74, 6) is 2.39. The third kappa shape index (κ3) is 5.45. The van der Waals surface area contributed by atoms with Gasteiger partial charge in [0.15, 0.2) is 0 Å². The van der Waals surface area contributed by atoms with Crippen molar-refractivity contribution in [3.8, 4) is 0 Å². The summed E-state index contributed by atoms with van der Waals surface area (Å²) in [6, 6.07) is 1.80. The highest BCUT2D eigenvalue weighted by molar-refractivity contribution is 5.46. The molecule has 0 spiro atoms. The first-order valence-electron chi connectivity index (χ1n) is 6.91. The van der Waals surface area contributed by atoms with E-state index < -0.39 is 0 Å². The van der Waals surface area contributed by atoms with Crippen molar-refractivity contribution in [3.63, 3.8) is 0 Å². The Labute approximate surface area is 117 Å². The highest BCUT2D eigenvalue weighted by atomic mass is 15.1. The van der Waals surface area contributed by atoms with Crippen LogP contribution in [0.5, 0.6) is 0 Å². The standard InChI is InChI=1S/C15H28N4/c1-10(2)13-17-11(16)8-12(18-13)19-15(6,7)9-14(3,4)5/h8,10H,9H2,1-7H3,(H3,16,17,18,19). The van der Waals surface area contributed by atoms with E-state index in [0.717, 1.165) is 18.1 Å². The van der Waals surface area contributed by atoms with Crippen LogP contribution < -0.4 is 11.1 Å². The van der Waals surface area contributed by atoms with Gasteiger partial charge >= 0.3 is 0 Å². The summed E-state index contributed by atoms with van der Waals surface area (Å²) >= 11 is 0. The Morgan fingerprint density at radius 3 is 2.21 bits per heavy atom. The number of aromatic nitrogens is 2. The van der Waals surface area contributed by atoms with E-state index in [1.165, 1.54) is 0 Å². The Morgan fingerprint density at radius 2 is 1.74 bits per heavy atom. The maximum absolute atomic E-state index is 5.85. The Morgan fingerprint density at radius 1 is 1.16 bits per heavy atom. The number of nitrogens with one attached hydrogen (secondary N) is 1. The van der Waals surface area contributed by atoms with Crippen LogP contribution in [0.2, 0.25) is 0 Å². The zero-order chi connectivity index (χ0) is 14.8. The number of hydrogen-bond donors (Lipinski definition) is 2. The molecule has 0 unspecified atom stereocenters. The van der Waals surface area contributed by atoms with E-state index in [9.17, 15) is 0 Å². The molecule has 0 aromatic carbocycles. The molecule has 4 nitrogen and oxygen atoms in total. The fourth-order valence-corrected chi connectivity index (χ4v) is 2.52. The summed E-state index contributed by atoms with van der Waals surface area (Å²) in [6.45, 7) is 15.2. The normalized spacial score (nSPS) is 12.8. The summed E-state index contributed by atoms with van der Waals surface area (Å²) in [6.07, 6.45) is 1.04. The lowest BCUT2D eigenvalue weighted by atomic mass is 9.82. The van der Waals surface area contributed by atoms with Gasteiger partial charge in [-0.1, -0.05) is 34.6 Å². The van der Waals surface area contributed by atoms with Crippen molar-refractivity contribution in [2.75, 3.05) is 11.1 Å². The molecule has 0 aliphatic heterocycles. The smallest absolute Gasteiger partial charge is 0.135 e. The number of nitrogens with zero attached hydrogens (tertiary/aromatic N) is 2. The van der Waals surface area contributed by atoms with Crippen molar-refractivity contribution >= 4 is 11.6 Å². The Balaban J connectivity index is 2.93. The van der Waals surface area contributed by atoms with Gasteiger partial charge in [-0.05, 0) is 25.7 Å². The molecular weight excluding hydrogens is 236 g/mol. The van der Waals surface area contributed by atoms with Gasteiger partial charge in [0.1, 0.15) is 17.5 Å². The monoisotopic (exact) mass is 264 g/mol. The second kappa shape index (κ2) is 5.35. The molecule has 4 heteroatoms. The van der Waals surface area contributed by atoms with E-state index in [1.807, 2.05) is 0 Å². The first-order chi connectivity index (χ1) is 8.48. The Hall–Kier alpha value is -1.32. The largest absolute Gasteiger partial charge is 0.384 e. The highest BCUT2D eigenvalue weighted by Gasteiger charge is 2.25. The average molecular weight is 264 g/mol. The van der Waals surface area contributed by atoms with Crippen LogP contribution in [0.3, 0.4) is 0 Å². The third-order valence-electron chi connectivity index (χ3n) is 2.72. The molecule has 0 atom stereocenters. The first kappa shape index (κ1) is 15.7. The number of nitrogens with two attached hydrogens (primary N) is 1. The summed E-state index contributed by atoms with van der Waals surface area (Å²) in [5, 5.41) is 3.48. The quantitative estimate of drug-likeness (QED) is 0.868. The van der Waals surface area contributed by atoms with Crippen LogP contribution in [0.1, 0.15) is 66.6 Å². The SMILES string of the molecule is CC(C)c1nc(N)cc(NC(C)(C)CC(C)(C)C)n1. The molecule has 1 aromatic rings. The predicted molar refractivity (Wildman–Crippen MR) is 82.3 cm³/mol. The van der Waals surface area contributed by atoms with Crippen LogP contribution in [0.25, 0.3) is 0 Å². The van der Waals surface area contributed by atoms with Gasteiger partial charge in [0.25, 0.3) is 0 Å². The molecule has 0 aliphatic carbocycles. The van der Waals surface area contributed by atoms with Gasteiger partial charge in [-0.2, -0.15) is 0 Å². The van der Waals surface area contributed by atoms with E-state index in [-0.39, 0.29) is 16.9 Å². The van der Waals surface area contributed by atoms with E-state index in [0.29, 0.717) is 5.82 Å². The number of rotatable bonds is 4. The van der Waals surface area contributed by atoms with Gasteiger partial charge in [-0.25, -0.2) is 9.97 Å². The minimum Gasteiger partial charge on any atom is -0.384 e. The molecule has 1 aromatic heterocycles. The second-order valence-corrected chi connectivity index (χ2v) is 7.44. The van der Waals surface area contributed by atoms with Crippen LogP contribution in [0.4, 0.5) is 11.6 Å². The summed E-state index contributed by atoms with van der Waals surface area (Å²) in [5.41, 5.74) is 6.08. The Kier molecular flexibility index (Phi) is 4.43.